The van der Waals surface area contributed by atoms with Crippen molar-refractivity contribution >= 4 is 32.9 Å². The minimum absolute atomic E-state index is 0.629. The van der Waals surface area contributed by atoms with Gasteiger partial charge in [0.25, 0.3) is 0 Å². The van der Waals surface area contributed by atoms with Gasteiger partial charge < -0.3 is 0 Å². The zero-order valence-corrected chi connectivity index (χ0v) is 63.6. The number of thiophene rings is 1. The molecule has 0 amide bonds. The maximum Gasteiger partial charge on any atom is 0.165 e. The zero-order valence-electron chi connectivity index (χ0n) is 62.8. The first-order valence-electron chi connectivity index (χ1n) is 33.6. The van der Waals surface area contributed by atoms with Gasteiger partial charge in [0.1, 0.15) is 0 Å². The van der Waals surface area contributed by atoms with Crippen molar-refractivity contribution in [3.63, 3.8) is 0 Å². The average molecular weight is 1350 g/mol. The summed E-state index contributed by atoms with van der Waals surface area (Å²) < 4.78 is 50.6. The van der Waals surface area contributed by atoms with Crippen molar-refractivity contribution in [2.24, 2.45) is 0 Å². The molecule has 3 heterocycles. The lowest BCUT2D eigenvalue weighted by molar-refractivity contribution is 0.436. The molecule has 0 N–H and O–H groups in total. The van der Waals surface area contributed by atoms with Gasteiger partial charge in [0.15, 0.2) is 23.3 Å². The van der Waals surface area contributed by atoms with Crippen LogP contribution in [-0.4, -0.2) is 9.97 Å². The van der Waals surface area contributed by atoms with Gasteiger partial charge in [0, 0.05) is 44.7 Å². The first-order chi connectivity index (χ1) is 46.8. The van der Waals surface area contributed by atoms with Crippen LogP contribution in [-0.2, 0) is 0 Å². The maximum absolute atomic E-state index is 12.7. The Morgan fingerprint density at radius 1 is 0.232 bits per heavy atom. The van der Waals surface area contributed by atoms with Gasteiger partial charge in [-0.05, 0) is 254 Å². The van der Waals surface area contributed by atoms with Crippen LogP contribution in [0.3, 0.4) is 0 Å². The number of hydrogen-bond donors (Lipinski definition) is 0. The smallest absolute Gasteiger partial charge is 0.165 e. The number of benzene rings is 10. The summed E-state index contributed by atoms with van der Waals surface area (Å²) in [6.07, 6.45) is 3.74. The first kappa shape index (κ1) is 81.9. The highest BCUT2D eigenvalue weighted by Gasteiger charge is 2.19. The van der Waals surface area contributed by atoms with E-state index in [-0.39, 0.29) is 0 Å². The van der Waals surface area contributed by atoms with Crippen LogP contribution in [0.5, 0.6) is 0 Å². The van der Waals surface area contributed by atoms with Gasteiger partial charge in [-0.1, -0.05) is 239 Å². The lowest BCUT2D eigenvalue weighted by Gasteiger charge is -2.04. The highest BCUT2D eigenvalue weighted by atomic mass is 32.1. The molecule has 2 nitrogen and oxygen atoms in total. The molecule has 0 fully saturated rings. The van der Waals surface area contributed by atoms with Crippen molar-refractivity contribution in [1.29, 1.82) is 0 Å². The maximum atomic E-state index is 12.7. The average Bonchev–Trinajstić information content (AvgIpc) is 1.43. The highest BCUT2D eigenvalue weighted by molar-refractivity contribution is 7.11. The van der Waals surface area contributed by atoms with E-state index < -0.39 is 34.4 Å². The lowest BCUT2D eigenvalue weighted by Crippen LogP contribution is -2.02. The van der Waals surface area contributed by atoms with Crippen LogP contribution in [0.4, 0.5) is 17.6 Å². The van der Waals surface area contributed by atoms with Crippen LogP contribution in [0.1, 0.15) is 121 Å². The van der Waals surface area contributed by atoms with E-state index >= 15 is 0 Å². The largest absolute Gasteiger partial charge is 0.261 e. The van der Waals surface area contributed by atoms with Crippen LogP contribution in [0, 0.1) is 176 Å². The van der Waals surface area contributed by atoms with Gasteiger partial charge in [-0.3, -0.25) is 9.97 Å². The molecule has 0 saturated carbocycles. The third-order valence-corrected chi connectivity index (χ3v) is 17.0. The standard InChI is InChI=1S/C14H14.2C12H12.C10H14.C8H6F4.2C8H10.2C7H9N.C6H8S/c1-11-8-12(2)10-14(9-11)13-6-4-3-5-7-13;1-9-3-5-12-8-10(2)4-6-11(12)7-9;1-9-7-8-10(2)12-6-4-3-5-11(9)12;1-7-5-9(3)10(4)6-8(7)2;1-3-5(9)7(11)4(2)8(12)6(3)10;1-7-3-5-8(2)6-4-7;1-7-4-3-5-8(2)6-7;2*1-6-3-4-7(2)8-5-6;1-5-3-4-6(2)7-5/h3-10H,1-2H3;2*3-8H,1-2H3;5-6H,1-4H3;1-2H3;2*3-6H,1-2H3;2*3-5H,1-2H3;3-4H,1-2H3. The minimum Gasteiger partial charge on any atom is -0.261 e. The van der Waals surface area contributed by atoms with Gasteiger partial charge in [-0.2, -0.15) is 0 Å². The molecule has 0 radical (unpaired) electrons. The second kappa shape index (κ2) is 41.6. The number of aromatic nitrogens is 2. The second-order valence-corrected chi connectivity index (χ2v) is 27.3. The van der Waals surface area contributed by atoms with Crippen molar-refractivity contribution in [3.8, 4) is 11.1 Å². The Morgan fingerprint density at radius 2 is 0.556 bits per heavy atom. The molecule has 99 heavy (non-hydrogen) atoms. The van der Waals surface area contributed by atoms with E-state index in [1.54, 1.807) is 0 Å². The van der Waals surface area contributed by atoms with Crippen LogP contribution in [0.15, 0.2) is 231 Å². The molecular formula is C92H104F4N2S. The summed E-state index contributed by atoms with van der Waals surface area (Å²) in [4.78, 5) is 11.0. The van der Waals surface area contributed by atoms with Crippen LogP contribution in [0.2, 0.25) is 0 Å². The van der Waals surface area contributed by atoms with E-state index in [0.717, 1.165) is 25.2 Å². The summed E-state index contributed by atoms with van der Waals surface area (Å²) >= 11 is 1.84. The van der Waals surface area contributed by atoms with Crippen molar-refractivity contribution < 1.29 is 17.6 Å². The van der Waals surface area contributed by atoms with E-state index in [4.69, 9.17) is 0 Å². The summed E-state index contributed by atoms with van der Waals surface area (Å²) in [5, 5.41) is 5.41. The lowest BCUT2D eigenvalue weighted by atomic mass is 10.0. The summed E-state index contributed by atoms with van der Waals surface area (Å²) in [6.45, 7) is 44.1. The van der Waals surface area contributed by atoms with Crippen LogP contribution in [0.25, 0.3) is 32.7 Å². The van der Waals surface area contributed by atoms with Crippen molar-refractivity contribution in [2.45, 2.75) is 152 Å². The molecule has 0 spiro atoms. The monoisotopic (exact) mass is 1340 g/mol. The quantitative estimate of drug-likeness (QED) is 0.121. The van der Waals surface area contributed by atoms with Gasteiger partial charge in [0.05, 0.1) is 0 Å². The van der Waals surface area contributed by atoms with Gasteiger partial charge in [-0.15, -0.1) is 11.3 Å². The van der Waals surface area contributed by atoms with Crippen molar-refractivity contribution in [3.05, 3.63) is 375 Å². The number of rotatable bonds is 1. The molecule has 0 aliphatic carbocycles. The molecule has 13 rings (SSSR count). The fourth-order valence-corrected chi connectivity index (χ4v) is 10.7. The van der Waals surface area contributed by atoms with Gasteiger partial charge >= 0.3 is 0 Å². The molecule has 3 aromatic heterocycles. The molecular weight excluding hydrogens is 1240 g/mol. The number of fused-ring (bicyclic) bond motifs is 2. The van der Waals surface area contributed by atoms with Gasteiger partial charge in [0.2, 0.25) is 0 Å². The summed E-state index contributed by atoms with van der Waals surface area (Å²) in [5.41, 5.74) is 24.8. The van der Waals surface area contributed by atoms with E-state index in [1.807, 2.05) is 69.6 Å². The number of nitrogens with zero attached hydrogens (tertiary/aromatic N) is 2. The highest BCUT2D eigenvalue weighted by Crippen LogP contribution is 2.25. The third kappa shape index (κ3) is 29.6. The number of halogens is 4. The fourth-order valence-electron chi connectivity index (χ4n) is 9.90. The van der Waals surface area contributed by atoms with Crippen LogP contribution >= 0.6 is 11.3 Å². The minimum atomic E-state index is -1.33. The first-order valence-corrected chi connectivity index (χ1v) is 34.4. The molecule has 0 atom stereocenters. The number of hydrogen-bond acceptors (Lipinski definition) is 3. The Kier molecular flexibility index (Phi) is 34.4. The molecule has 7 heteroatoms. The number of aryl methyl sites for hydroxylation is 20. The SMILES string of the molecule is Cc1c(F)c(F)c(C)c(F)c1F.Cc1cc(C)c(C)cc1C.Cc1cc(C)cc(-c2ccccc2)c1.Cc1ccc(C)c2ccccc12.Cc1ccc(C)cc1.Cc1ccc(C)nc1.Cc1ccc(C)nc1.Cc1ccc(C)s1.Cc1ccc2cc(C)ccc2c1.Cc1cccc(C)c1. The topological polar surface area (TPSA) is 25.8 Å². The molecule has 0 aliphatic rings. The Labute approximate surface area is 595 Å². The molecule has 0 aliphatic heterocycles. The van der Waals surface area contributed by atoms with E-state index in [2.05, 4.69) is 321 Å². The molecule has 0 unspecified atom stereocenters. The normalized spacial score (nSPS) is 9.92. The van der Waals surface area contributed by atoms with Crippen molar-refractivity contribution in [2.75, 3.05) is 0 Å². The Bertz CT molecular complexity index is 4130. The second-order valence-electron chi connectivity index (χ2n) is 25.8. The van der Waals surface area contributed by atoms with E-state index in [0.29, 0.717) is 0 Å². The number of pyridine rings is 2. The molecule has 516 valence electrons. The predicted molar refractivity (Wildman–Crippen MR) is 422 cm³/mol. The fraction of sp³-hybridized carbons (Fsp3) is 0.239. The van der Waals surface area contributed by atoms with E-state index in [1.165, 1.54) is 131 Å². The summed E-state index contributed by atoms with van der Waals surface area (Å²) in [6, 6.07) is 77.0. The van der Waals surface area contributed by atoms with Gasteiger partial charge in [-0.25, -0.2) is 17.6 Å². The molecule has 0 saturated heterocycles. The van der Waals surface area contributed by atoms with E-state index in [9.17, 15) is 17.6 Å². The Hall–Kier alpha value is -9.56. The van der Waals surface area contributed by atoms with Crippen LogP contribution < -0.4 is 0 Å². The Morgan fingerprint density at radius 3 is 0.859 bits per heavy atom. The predicted octanol–water partition coefficient (Wildman–Crippen LogP) is 27.0. The molecule has 10 aromatic carbocycles. The zero-order chi connectivity index (χ0) is 73.5. The summed E-state index contributed by atoms with van der Waals surface area (Å²) in [7, 11) is 0. The Balaban J connectivity index is 0.000000235. The third-order valence-electron chi connectivity index (χ3n) is 16.0. The molecule has 13 aromatic rings. The van der Waals surface area contributed by atoms with Crippen molar-refractivity contribution in [1.82, 2.24) is 9.97 Å². The molecule has 0 bridgehead atoms. The summed E-state index contributed by atoms with van der Waals surface area (Å²) in [5.74, 6) is -5.31.